The summed E-state index contributed by atoms with van der Waals surface area (Å²) in [6.45, 7) is 4.13. The number of carbonyl (C=O) groups is 1. The molecule has 0 aromatic carbocycles. The maximum atomic E-state index is 11.9. The lowest BCUT2D eigenvalue weighted by Crippen LogP contribution is -2.04. The van der Waals surface area contributed by atoms with E-state index in [4.69, 9.17) is 9.47 Å². The average Bonchev–Trinajstić information content (AvgIpc) is 3.24. The van der Waals surface area contributed by atoms with Crippen LogP contribution in [-0.4, -0.2) is 29.1 Å². The minimum absolute atomic E-state index is 0.0661. The molecule has 2 heterocycles. The van der Waals surface area contributed by atoms with Gasteiger partial charge in [0.1, 0.15) is 5.65 Å². The molecule has 0 saturated heterocycles. The van der Waals surface area contributed by atoms with Gasteiger partial charge in [0.25, 0.3) is 0 Å². The minimum Gasteiger partial charge on any atom is -0.461 e. The molecule has 0 N–H and O–H groups in total. The Kier molecular flexibility index (Phi) is 3.68. The number of aromatic nitrogens is 2. The van der Waals surface area contributed by atoms with Gasteiger partial charge in [0, 0.05) is 25.1 Å². The molecule has 5 heteroatoms. The standard InChI is InChI=1S/C16H20N2O3/c1-4-21-16(19)14-9-18-8-12(11-5-6-11)7-13(10(2)20-3)15(18)17-14/h7-11H,4-6H2,1-3H3. The van der Waals surface area contributed by atoms with Crippen LogP contribution in [0.4, 0.5) is 0 Å². The van der Waals surface area contributed by atoms with Gasteiger partial charge in [0.05, 0.1) is 12.7 Å². The molecule has 1 saturated carbocycles. The van der Waals surface area contributed by atoms with Crippen LogP contribution in [0.1, 0.15) is 60.3 Å². The van der Waals surface area contributed by atoms with Crippen molar-refractivity contribution in [2.45, 2.75) is 38.7 Å². The molecule has 0 aliphatic heterocycles. The summed E-state index contributed by atoms with van der Waals surface area (Å²) in [5, 5.41) is 0. The number of carbonyl (C=O) groups excluding carboxylic acids is 1. The highest BCUT2D eigenvalue weighted by Gasteiger charge is 2.26. The number of nitrogens with zero attached hydrogens (tertiary/aromatic N) is 2. The Balaban J connectivity index is 2.10. The Hall–Kier alpha value is -1.88. The van der Waals surface area contributed by atoms with Gasteiger partial charge in [0.15, 0.2) is 5.69 Å². The molecular formula is C16H20N2O3. The lowest BCUT2D eigenvalue weighted by molar-refractivity contribution is 0.0520. The summed E-state index contributed by atoms with van der Waals surface area (Å²) in [7, 11) is 1.68. The second-order valence-electron chi connectivity index (χ2n) is 5.46. The van der Waals surface area contributed by atoms with E-state index in [1.54, 1.807) is 20.2 Å². The number of imidazole rings is 1. The fraction of sp³-hybridized carbons (Fsp3) is 0.500. The zero-order valence-electron chi connectivity index (χ0n) is 12.6. The predicted octanol–water partition coefficient (Wildman–Crippen LogP) is 3.10. The maximum absolute atomic E-state index is 11.9. The van der Waals surface area contributed by atoms with Gasteiger partial charge >= 0.3 is 5.97 Å². The molecule has 0 bridgehead atoms. The van der Waals surface area contributed by atoms with Crippen LogP contribution in [0.5, 0.6) is 0 Å². The number of fused-ring (bicyclic) bond motifs is 1. The highest BCUT2D eigenvalue weighted by molar-refractivity contribution is 5.88. The Morgan fingerprint density at radius 2 is 2.24 bits per heavy atom. The SMILES string of the molecule is CCOC(=O)c1cn2cc(C3CC3)cc(C(C)OC)c2n1. The molecule has 0 spiro atoms. The van der Waals surface area contributed by atoms with Gasteiger partial charge in [-0.05, 0) is 44.2 Å². The summed E-state index contributed by atoms with van der Waals surface area (Å²) in [6, 6.07) is 2.16. The highest BCUT2D eigenvalue weighted by Crippen LogP contribution is 2.41. The minimum atomic E-state index is -0.384. The fourth-order valence-corrected chi connectivity index (χ4v) is 2.52. The number of methoxy groups -OCH3 is 1. The molecule has 112 valence electrons. The van der Waals surface area contributed by atoms with Crippen molar-refractivity contribution in [3.05, 3.63) is 35.3 Å². The van der Waals surface area contributed by atoms with E-state index < -0.39 is 0 Å². The first-order valence-corrected chi connectivity index (χ1v) is 7.36. The van der Waals surface area contributed by atoms with E-state index in [9.17, 15) is 4.79 Å². The first-order chi connectivity index (χ1) is 10.1. The van der Waals surface area contributed by atoms with Crippen LogP contribution >= 0.6 is 0 Å². The van der Waals surface area contributed by atoms with Crippen LogP contribution in [0.3, 0.4) is 0 Å². The first kappa shape index (κ1) is 14.1. The van der Waals surface area contributed by atoms with Gasteiger partial charge in [-0.25, -0.2) is 9.78 Å². The second-order valence-corrected chi connectivity index (χ2v) is 5.46. The summed E-state index contributed by atoms with van der Waals surface area (Å²) in [4.78, 5) is 16.3. The largest absolute Gasteiger partial charge is 0.461 e. The molecule has 0 radical (unpaired) electrons. The number of hydrogen-bond acceptors (Lipinski definition) is 4. The first-order valence-electron chi connectivity index (χ1n) is 7.36. The van der Waals surface area contributed by atoms with Gasteiger partial charge < -0.3 is 13.9 Å². The number of hydrogen-bond donors (Lipinski definition) is 0. The molecule has 2 aromatic rings. The third-order valence-electron chi connectivity index (χ3n) is 3.93. The van der Waals surface area contributed by atoms with Gasteiger partial charge in [-0.2, -0.15) is 0 Å². The van der Waals surface area contributed by atoms with Gasteiger partial charge in [-0.3, -0.25) is 0 Å². The molecular weight excluding hydrogens is 268 g/mol. The number of ether oxygens (including phenoxy) is 2. The van der Waals surface area contributed by atoms with Crippen LogP contribution in [0, 0.1) is 0 Å². The van der Waals surface area contributed by atoms with E-state index in [0.717, 1.165) is 11.2 Å². The molecule has 1 atom stereocenters. The molecule has 5 nitrogen and oxygen atoms in total. The molecule has 1 unspecified atom stereocenters. The van der Waals surface area contributed by atoms with Crippen molar-refractivity contribution in [2.24, 2.45) is 0 Å². The van der Waals surface area contributed by atoms with E-state index in [-0.39, 0.29) is 12.1 Å². The summed E-state index contributed by atoms with van der Waals surface area (Å²) < 4.78 is 12.4. The summed E-state index contributed by atoms with van der Waals surface area (Å²) in [5.41, 5.74) is 3.40. The van der Waals surface area contributed by atoms with E-state index in [0.29, 0.717) is 18.2 Å². The van der Waals surface area contributed by atoms with Crippen LogP contribution in [-0.2, 0) is 9.47 Å². The lowest BCUT2D eigenvalue weighted by atomic mass is 10.1. The quantitative estimate of drug-likeness (QED) is 0.793. The monoisotopic (exact) mass is 288 g/mol. The summed E-state index contributed by atoms with van der Waals surface area (Å²) >= 11 is 0. The van der Waals surface area contributed by atoms with Crippen molar-refractivity contribution in [3.8, 4) is 0 Å². The average molecular weight is 288 g/mol. The fourth-order valence-electron chi connectivity index (χ4n) is 2.52. The molecule has 1 aliphatic rings. The predicted molar refractivity (Wildman–Crippen MR) is 78.5 cm³/mol. The van der Waals surface area contributed by atoms with Crippen LogP contribution in [0.25, 0.3) is 5.65 Å². The zero-order valence-corrected chi connectivity index (χ0v) is 12.6. The zero-order chi connectivity index (χ0) is 15.0. The van der Waals surface area contributed by atoms with E-state index in [2.05, 4.69) is 17.2 Å². The van der Waals surface area contributed by atoms with Gasteiger partial charge in [-0.15, -0.1) is 0 Å². The summed E-state index contributed by atoms with van der Waals surface area (Å²) in [6.07, 6.45) is 6.20. The third kappa shape index (κ3) is 2.65. The van der Waals surface area contributed by atoms with Crippen molar-refractivity contribution in [2.75, 3.05) is 13.7 Å². The smallest absolute Gasteiger partial charge is 0.358 e. The van der Waals surface area contributed by atoms with Crippen LogP contribution < -0.4 is 0 Å². The Morgan fingerprint density at radius 1 is 1.48 bits per heavy atom. The lowest BCUT2D eigenvalue weighted by Gasteiger charge is -2.13. The second kappa shape index (κ2) is 5.48. The van der Waals surface area contributed by atoms with Crippen molar-refractivity contribution < 1.29 is 14.3 Å². The Bertz CT molecular complexity index is 673. The molecule has 1 aliphatic carbocycles. The molecule has 1 fully saturated rings. The van der Waals surface area contributed by atoms with Gasteiger partial charge in [-0.1, -0.05) is 0 Å². The van der Waals surface area contributed by atoms with Crippen LogP contribution in [0.15, 0.2) is 18.5 Å². The molecule has 0 amide bonds. The number of esters is 1. The van der Waals surface area contributed by atoms with Crippen molar-refractivity contribution >= 4 is 11.6 Å². The van der Waals surface area contributed by atoms with E-state index in [1.807, 2.05) is 11.3 Å². The van der Waals surface area contributed by atoms with Crippen molar-refractivity contribution in [1.29, 1.82) is 0 Å². The number of rotatable bonds is 5. The molecule has 2 aromatic heterocycles. The van der Waals surface area contributed by atoms with E-state index in [1.165, 1.54) is 18.4 Å². The highest BCUT2D eigenvalue weighted by atomic mass is 16.5. The van der Waals surface area contributed by atoms with E-state index >= 15 is 0 Å². The van der Waals surface area contributed by atoms with Crippen molar-refractivity contribution in [1.82, 2.24) is 9.38 Å². The normalized spacial score (nSPS) is 16.1. The van der Waals surface area contributed by atoms with Crippen LogP contribution in [0.2, 0.25) is 0 Å². The summed E-state index contributed by atoms with van der Waals surface area (Å²) in [5.74, 6) is 0.246. The third-order valence-corrected chi connectivity index (χ3v) is 3.93. The van der Waals surface area contributed by atoms with Gasteiger partial charge in [0.2, 0.25) is 0 Å². The number of pyridine rings is 1. The Labute approximate surface area is 123 Å². The molecule has 21 heavy (non-hydrogen) atoms. The topological polar surface area (TPSA) is 52.8 Å². The maximum Gasteiger partial charge on any atom is 0.358 e. The van der Waals surface area contributed by atoms with Crippen molar-refractivity contribution in [3.63, 3.8) is 0 Å². The Morgan fingerprint density at radius 3 is 2.86 bits per heavy atom. The molecule has 3 rings (SSSR count).